The van der Waals surface area contributed by atoms with Gasteiger partial charge in [-0.25, -0.2) is 0 Å². The lowest BCUT2D eigenvalue weighted by molar-refractivity contribution is 0.292. The third-order valence-electron chi connectivity index (χ3n) is 1.92. The van der Waals surface area contributed by atoms with Gasteiger partial charge in [-0.05, 0) is 18.6 Å². The first kappa shape index (κ1) is 15.8. The van der Waals surface area contributed by atoms with Crippen LogP contribution in [0.25, 0.3) is 0 Å². The molecule has 0 saturated carbocycles. The molecule has 0 aliphatic rings. The number of nitriles is 1. The third-order valence-corrected chi connectivity index (χ3v) is 2.37. The van der Waals surface area contributed by atoms with Gasteiger partial charge >= 0.3 is 0 Å². The molecular weight excluding hydrogens is 282 g/mol. The summed E-state index contributed by atoms with van der Waals surface area (Å²) in [5, 5.41) is 20.5. The van der Waals surface area contributed by atoms with Gasteiger partial charge < -0.3 is 16.2 Å². The van der Waals surface area contributed by atoms with Crippen molar-refractivity contribution >= 4 is 27.3 Å². The summed E-state index contributed by atoms with van der Waals surface area (Å²) < 4.78 is 0.805. The van der Waals surface area contributed by atoms with E-state index < -0.39 is 0 Å². The standard InChI is InChI=1S/C10H12BrN3O.C2H6/c11-8-4-7(6-12)10(13)9(5-8)14-2-1-3-15;1-2/h4-5,14-15H,1-3,13H2;1-2H3. The van der Waals surface area contributed by atoms with Gasteiger partial charge in [0.1, 0.15) is 6.07 Å². The largest absolute Gasteiger partial charge is 0.396 e. The zero-order chi connectivity index (χ0) is 13.3. The monoisotopic (exact) mass is 299 g/mol. The third kappa shape index (κ3) is 5.07. The molecule has 0 radical (unpaired) electrons. The lowest BCUT2D eigenvalue weighted by Gasteiger charge is -2.10. The van der Waals surface area contributed by atoms with Crippen molar-refractivity contribution in [3.05, 3.63) is 22.2 Å². The Morgan fingerprint density at radius 1 is 1.47 bits per heavy atom. The van der Waals surface area contributed by atoms with Crippen LogP contribution in [0.3, 0.4) is 0 Å². The maximum atomic E-state index is 8.82. The molecule has 0 unspecified atom stereocenters. The fourth-order valence-corrected chi connectivity index (χ4v) is 1.62. The molecule has 0 amide bonds. The first-order valence-corrected chi connectivity index (χ1v) is 6.32. The second-order valence-electron chi connectivity index (χ2n) is 3.03. The van der Waals surface area contributed by atoms with Crippen LogP contribution in [0, 0.1) is 11.3 Å². The zero-order valence-corrected chi connectivity index (χ0v) is 11.7. The molecule has 4 N–H and O–H groups in total. The van der Waals surface area contributed by atoms with E-state index in [1.807, 2.05) is 26.0 Å². The summed E-state index contributed by atoms with van der Waals surface area (Å²) in [6.45, 7) is 4.76. The normalized spacial score (nSPS) is 8.88. The van der Waals surface area contributed by atoms with E-state index in [0.29, 0.717) is 24.2 Å². The Hall–Kier alpha value is -1.25. The maximum absolute atomic E-state index is 8.82. The first-order chi connectivity index (χ1) is 8.19. The Morgan fingerprint density at radius 2 is 2.12 bits per heavy atom. The van der Waals surface area contributed by atoms with Crippen molar-refractivity contribution in [3.63, 3.8) is 0 Å². The number of hydrogen-bond donors (Lipinski definition) is 3. The molecule has 0 fully saturated rings. The fourth-order valence-electron chi connectivity index (χ4n) is 1.16. The molecule has 4 nitrogen and oxygen atoms in total. The minimum Gasteiger partial charge on any atom is -0.396 e. The maximum Gasteiger partial charge on any atom is 0.101 e. The van der Waals surface area contributed by atoms with Crippen molar-refractivity contribution in [2.45, 2.75) is 20.3 Å². The molecule has 5 heteroatoms. The number of nitrogen functional groups attached to an aromatic ring is 1. The molecule has 94 valence electrons. The van der Waals surface area contributed by atoms with Crippen molar-refractivity contribution < 1.29 is 5.11 Å². The zero-order valence-electron chi connectivity index (χ0n) is 10.1. The Morgan fingerprint density at radius 3 is 2.65 bits per heavy atom. The molecule has 0 atom stereocenters. The van der Waals surface area contributed by atoms with E-state index in [0.717, 1.165) is 10.2 Å². The van der Waals surface area contributed by atoms with Gasteiger partial charge in [-0.15, -0.1) is 0 Å². The molecule has 0 heterocycles. The highest BCUT2D eigenvalue weighted by Gasteiger charge is 2.06. The lowest BCUT2D eigenvalue weighted by atomic mass is 10.1. The number of aliphatic hydroxyl groups excluding tert-OH is 1. The summed E-state index contributed by atoms with van der Waals surface area (Å²) >= 11 is 3.30. The number of nitrogens with two attached hydrogens (primary N) is 1. The molecular formula is C12H18BrN3O. The van der Waals surface area contributed by atoms with E-state index in [2.05, 4.69) is 21.2 Å². The number of anilines is 2. The molecule has 1 aromatic rings. The molecule has 1 aromatic carbocycles. The van der Waals surface area contributed by atoms with E-state index in [1.54, 1.807) is 6.07 Å². The van der Waals surface area contributed by atoms with Crippen LogP contribution in [0.5, 0.6) is 0 Å². The first-order valence-electron chi connectivity index (χ1n) is 5.53. The predicted molar refractivity (Wildman–Crippen MR) is 74.8 cm³/mol. The summed E-state index contributed by atoms with van der Waals surface area (Å²) in [5.41, 5.74) is 7.38. The Kier molecular flexibility index (Phi) is 8.20. The second-order valence-corrected chi connectivity index (χ2v) is 3.95. The van der Waals surface area contributed by atoms with Crippen LogP contribution in [-0.2, 0) is 0 Å². The number of benzene rings is 1. The van der Waals surface area contributed by atoms with Gasteiger partial charge in [0.15, 0.2) is 0 Å². The molecule has 0 aliphatic carbocycles. The molecule has 0 spiro atoms. The smallest absolute Gasteiger partial charge is 0.101 e. The van der Waals surface area contributed by atoms with Gasteiger partial charge in [-0.2, -0.15) is 5.26 Å². The fraction of sp³-hybridized carbons (Fsp3) is 0.417. The van der Waals surface area contributed by atoms with Crippen molar-refractivity contribution in [2.24, 2.45) is 0 Å². The molecule has 0 bridgehead atoms. The highest BCUT2D eigenvalue weighted by molar-refractivity contribution is 9.10. The topological polar surface area (TPSA) is 82.1 Å². The summed E-state index contributed by atoms with van der Waals surface area (Å²) in [4.78, 5) is 0. The Balaban J connectivity index is 0.00000121. The van der Waals surface area contributed by atoms with E-state index in [-0.39, 0.29) is 6.61 Å². The highest BCUT2D eigenvalue weighted by atomic mass is 79.9. The molecule has 0 aliphatic heterocycles. The molecule has 0 aromatic heterocycles. The summed E-state index contributed by atoms with van der Waals surface area (Å²) in [5.74, 6) is 0. The minimum absolute atomic E-state index is 0.131. The summed E-state index contributed by atoms with van der Waals surface area (Å²) in [6, 6.07) is 5.51. The number of nitrogens with one attached hydrogen (secondary N) is 1. The van der Waals surface area contributed by atoms with Crippen LogP contribution in [-0.4, -0.2) is 18.3 Å². The second kappa shape index (κ2) is 8.85. The van der Waals surface area contributed by atoms with E-state index in [1.165, 1.54) is 0 Å². The van der Waals surface area contributed by atoms with Gasteiger partial charge in [0.2, 0.25) is 0 Å². The van der Waals surface area contributed by atoms with Gasteiger partial charge in [-0.1, -0.05) is 29.8 Å². The van der Waals surface area contributed by atoms with E-state index in [4.69, 9.17) is 16.1 Å². The van der Waals surface area contributed by atoms with Crippen LogP contribution in [0.1, 0.15) is 25.8 Å². The quantitative estimate of drug-likeness (QED) is 0.590. The number of hydrogen-bond acceptors (Lipinski definition) is 4. The van der Waals surface area contributed by atoms with Crippen molar-refractivity contribution in [3.8, 4) is 6.07 Å². The van der Waals surface area contributed by atoms with Crippen LogP contribution in [0.15, 0.2) is 16.6 Å². The lowest BCUT2D eigenvalue weighted by Crippen LogP contribution is -2.06. The average Bonchev–Trinajstić information content (AvgIpc) is 2.35. The molecule has 1 rings (SSSR count). The van der Waals surface area contributed by atoms with Crippen LogP contribution in [0.2, 0.25) is 0 Å². The van der Waals surface area contributed by atoms with Crippen LogP contribution < -0.4 is 11.1 Å². The minimum atomic E-state index is 0.131. The summed E-state index contributed by atoms with van der Waals surface area (Å²) in [6.07, 6.45) is 0.647. The Bertz CT molecular complexity index is 388. The number of aliphatic hydroxyl groups is 1. The highest BCUT2D eigenvalue weighted by Crippen LogP contribution is 2.27. The van der Waals surface area contributed by atoms with E-state index in [9.17, 15) is 0 Å². The van der Waals surface area contributed by atoms with Gasteiger partial charge in [0, 0.05) is 17.6 Å². The Labute approximate surface area is 111 Å². The number of rotatable bonds is 4. The van der Waals surface area contributed by atoms with Crippen molar-refractivity contribution in [1.82, 2.24) is 0 Å². The average molecular weight is 300 g/mol. The van der Waals surface area contributed by atoms with Crippen LogP contribution in [0.4, 0.5) is 11.4 Å². The van der Waals surface area contributed by atoms with Crippen molar-refractivity contribution in [1.29, 1.82) is 5.26 Å². The van der Waals surface area contributed by atoms with Crippen LogP contribution >= 0.6 is 15.9 Å². The number of halogens is 1. The SMILES string of the molecule is CC.N#Cc1cc(Br)cc(NCCCO)c1N. The van der Waals surface area contributed by atoms with Gasteiger partial charge in [0.25, 0.3) is 0 Å². The molecule has 17 heavy (non-hydrogen) atoms. The van der Waals surface area contributed by atoms with Gasteiger partial charge in [-0.3, -0.25) is 0 Å². The van der Waals surface area contributed by atoms with E-state index >= 15 is 0 Å². The number of nitrogens with zero attached hydrogens (tertiary/aromatic N) is 1. The van der Waals surface area contributed by atoms with Crippen molar-refractivity contribution in [2.75, 3.05) is 24.2 Å². The summed E-state index contributed by atoms with van der Waals surface area (Å²) in [7, 11) is 0. The molecule has 0 saturated heterocycles. The predicted octanol–water partition coefficient (Wildman–Crippen LogP) is 2.72. The van der Waals surface area contributed by atoms with Gasteiger partial charge in [0.05, 0.1) is 16.9 Å².